The molecule has 0 spiro atoms. The van der Waals surface area contributed by atoms with Crippen LogP contribution in [-0.4, -0.2) is 29.1 Å². The van der Waals surface area contributed by atoms with Crippen LogP contribution in [0.4, 0.5) is 0 Å². The van der Waals surface area contributed by atoms with Gasteiger partial charge in [0.15, 0.2) is 11.8 Å². The Morgan fingerprint density at radius 3 is 2.29 bits per heavy atom. The van der Waals surface area contributed by atoms with E-state index in [0.717, 1.165) is 37.2 Å². The van der Waals surface area contributed by atoms with Crippen LogP contribution < -0.4 is 10.9 Å². The number of cyclic esters (lactones) is 1. The molecule has 24 heavy (non-hydrogen) atoms. The summed E-state index contributed by atoms with van der Waals surface area (Å²) in [6, 6.07) is 9.83. The first-order valence-corrected chi connectivity index (χ1v) is 8.50. The van der Waals surface area contributed by atoms with Crippen LogP contribution in [0.1, 0.15) is 38.4 Å². The summed E-state index contributed by atoms with van der Waals surface area (Å²) in [5.41, 5.74) is 8.93. The van der Waals surface area contributed by atoms with E-state index in [2.05, 4.69) is 24.7 Å². The summed E-state index contributed by atoms with van der Waals surface area (Å²) in [5.74, 6) is -0.310. The minimum atomic E-state index is -0.408. The van der Waals surface area contributed by atoms with Crippen molar-refractivity contribution in [3.8, 4) is 0 Å². The fourth-order valence-electron chi connectivity index (χ4n) is 2.79. The van der Waals surface area contributed by atoms with Gasteiger partial charge in [-0.15, -0.1) is 0 Å². The molecule has 6 nitrogen and oxygen atoms in total. The van der Waals surface area contributed by atoms with Gasteiger partial charge >= 0.3 is 5.97 Å². The number of benzene rings is 1. The number of carbonyl (C=O) groups excluding carboxylic acids is 1. The minimum Gasteiger partial charge on any atom is -0.446 e. The highest BCUT2D eigenvalue weighted by Gasteiger charge is 2.42. The van der Waals surface area contributed by atoms with Gasteiger partial charge in [-0.2, -0.15) is 0 Å². The van der Waals surface area contributed by atoms with Crippen molar-refractivity contribution in [3.05, 3.63) is 59.7 Å². The smallest absolute Gasteiger partial charge is 0.359 e. The molecule has 1 aromatic carbocycles. The molecule has 3 rings (SSSR count). The molecule has 128 valence electrons. The lowest BCUT2D eigenvalue weighted by atomic mass is 10.1. The fourth-order valence-corrected chi connectivity index (χ4v) is 2.79. The zero-order chi connectivity index (χ0) is 16.9. The predicted octanol–water partition coefficient (Wildman–Crippen LogP) is 2.41. The largest absolute Gasteiger partial charge is 0.446 e. The van der Waals surface area contributed by atoms with Crippen LogP contribution in [0.2, 0.25) is 0 Å². The van der Waals surface area contributed by atoms with Gasteiger partial charge in [-0.1, -0.05) is 44.2 Å². The third-order valence-electron chi connectivity index (χ3n) is 3.94. The first-order valence-electron chi connectivity index (χ1n) is 8.50. The number of rotatable bonds is 7. The Hall–Kier alpha value is -2.31. The van der Waals surface area contributed by atoms with E-state index in [0.29, 0.717) is 5.70 Å². The van der Waals surface area contributed by atoms with Gasteiger partial charge in [-0.3, -0.25) is 10.0 Å². The number of ether oxygens (including phenoxy) is 1. The lowest BCUT2D eigenvalue weighted by Crippen LogP contribution is -2.43. The third-order valence-corrected chi connectivity index (χ3v) is 3.94. The number of hydrogen-bond donors (Lipinski definition) is 2. The lowest BCUT2D eigenvalue weighted by molar-refractivity contribution is -0.141. The molecule has 0 aromatic heterocycles. The van der Waals surface area contributed by atoms with Crippen LogP contribution in [0.25, 0.3) is 0 Å². The summed E-state index contributed by atoms with van der Waals surface area (Å²) >= 11 is 0. The third kappa shape index (κ3) is 3.16. The zero-order valence-corrected chi connectivity index (χ0v) is 14.2. The van der Waals surface area contributed by atoms with Crippen LogP contribution in [0.15, 0.2) is 54.1 Å². The van der Waals surface area contributed by atoms with Crippen molar-refractivity contribution in [2.45, 2.75) is 32.8 Å². The van der Waals surface area contributed by atoms with Crippen LogP contribution in [0.5, 0.6) is 0 Å². The Balaban J connectivity index is 1.96. The van der Waals surface area contributed by atoms with E-state index in [9.17, 15) is 4.79 Å². The molecule has 2 N–H and O–H groups in total. The van der Waals surface area contributed by atoms with Gasteiger partial charge in [0.25, 0.3) is 0 Å². The Labute approximate surface area is 142 Å². The molecule has 2 heterocycles. The molecule has 2 aliphatic heterocycles. The Morgan fingerprint density at radius 1 is 1.00 bits per heavy atom. The highest BCUT2D eigenvalue weighted by atomic mass is 16.6. The highest BCUT2D eigenvalue weighted by molar-refractivity contribution is 5.92. The van der Waals surface area contributed by atoms with Crippen molar-refractivity contribution in [3.63, 3.8) is 0 Å². The Bertz CT molecular complexity index is 642. The highest BCUT2D eigenvalue weighted by Crippen LogP contribution is 2.39. The number of hydrazine groups is 2. The second-order valence-electron chi connectivity index (χ2n) is 5.78. The van der Waals surface area contributed by atoms with Crippen molar-refractivity contribution in [1.82, 2.24) is 20.9 Å². The molecule has 1 aromatic rings. The molecule has 0 saturated carbocycles. The second-order valence-corrected chi connectivity index (χ2v) is 5.78. The number of nitrogens with zero attached hydrogens (tertiary/aromatic N) is 2. The molecule has 0 aliphatic carbocycles. The van der Waals surface area contributed by atoms with Crippen LogP contribution in [0.3, 0.4) is 0 Å². The number of nitrogens with one attached hydrogen (secondary N) is 2. The SMILES string of the molecule is CCCNN1C=CN(NCCC)C2=C1C(=O)OC2c1ccccc1. The maximum Gasteiger partial charge on any atom is 0.359 e. The van der Waals surface area contributed by atoms with E-state index in [1.165, 1.54) is 0 Å². The predicted molar refractivity (Wildman–Crippen MR) is 91.7 cm³/mol. The topological polar surface area (TPSA) is 56.8 Å². The van der Waals surface area contributed by atoms with Crippen LogP contribution in [-0.2, 0) is 9.53 Å². The minimum absolute atomic E-state index is 0.310. The normalized spacial score (nSPS) is 19.8. The van der Waals surface area contributed by atoms with Crippen molar-refractivity contribution in [1.29, 1.82) is 0 Å². The number of esters is 1. The van der Waals surface area contributed by atoms with Crippen molar-refractivity contribution in [2.75, 3.05) is 13.1 Å². The molecule has 1 unspecified atom stereocenters. The molecule has 0 amide bonds. The summed E-state index contributed by atoms with van der Waals surface area (Å²) in [5, 5.41) is 3.68. The van der Waals surface area contributed by atoms with Gasteiger partial charge in [0.2, 0.25) is 0 Å². The summed E-state index contributed by atoms with van der Waals surface area (Å²) in [7, 11) is 0. The van der Waals surface area contributed by atoms with E-state index in [1.807, 2.05) is 47.7 Å². The molecule has 0 bridgehead atoms. The van der Waals surface area contributed by atoms with E-state index in [1.54, 1.807) is 5.01 Å². The Morgan fingerprint density at radius 2 is 1.62 bits per heavy atom. The monoisotopic (exact) mass is 328 g/mol. The standard InChI is InChI=1S/C18H24N4O2/c1-3-10-19-21-12-13-22(20-11-4-2)16-15(21)17(24-18(16)23)14-8-6-5-7-9-14/h5-9,12-13,17,19-20H,3-4,10-11H2,1-2H3. The Kier molecular flexibility index (Phi) is 5.17. The molecule has 1 atom stereocenters. The molecule has 0 fully saturated rings. The summed E-state index contributed by atoms with van der Waals surface area (Å²) < 4.78 is 5.70. The van der Waals surface area contributed by atoms with Gasteiger partial charge in [0.1, 0.15) is 5.70 Å². The zero-order valence-electron chi connectivity index (χ0n) is 14.2. The molecule has 0 saturated heterocycles. The average Bonchev–Trinajstić information content (AvgIpc) is 2.97. The number of hydrogen-bond acceptors (Lipinski definition) is 6. The van der Waals surface area contributed by atoms with Gasteiger partial charge in [-0.05, 0) is 18.4 Å². The molecular formula is C18H24N4O2. The summed E-state index contributed by atoms with van der Waals surface area (Å²) in [6.45, 7) is 5.80. The van der Waals surface area contributed by atoms with Gasteiger partial charge in [0.05, 0.1) is 0 Å². The van der Waals surface area contributed by atoms with Crippen molar-refractivity contribution in [2.24, 2.45) is 0 Å². The fraction of sp³-hybridized carbons (Fsp3) is 0.389. The summed E-state index contributed by atoms with van der Waals surface area (Å²) in [6.07, 6.45) is 5.34. The van der Waals surface area contributed by atoms with Crippen molar-refractivity contribution < 1.29 is 9.53 Å². The maximum atomic E-state index is 12.5. The van der Waals surface area contributed by atoms with Gasteiger partial charge in [-0.25, -0.2) is 15.6 Å². The van der Waals surface area contributed by atoms with Gasteiger partial charge < -0.3 is 4.74 Å². The lowest BCUT2D eigenvalue weighted by Gasteiger charge is -2.32. The molecule has 0 radical (unpaired) electrons. The van der Waals surface area contributed by atoms with E-state index in [-0.39, 0.29) is 5.97 Å². The maximum absolute atomic E-state index is 12.5. The molecular weight excluding hydrogens is 304 g/mol. The molecule has 6 heteroatoms. The van der Waals surface area contributed by atoms with Crippen molar-refractivity contribution >= 4 is 5.97 Å². The van der Waals surface area contributed by atoms with E-state index in [4.69, 9.17) is 4.74 Å². The number of carbonyl (C=O) groups is 1. The van der Waals surface area contributed by atoms with E-state index >= 15 is 0 Å². The van der Waals surface area contributed by atoms with E-state index < -0.39 is 6.10 Å². The summed E-state index contributed by atoms with van der Waals surface area (Å²) in [4.78, 5) is 12.5. The van der Waals surface area contributed by atoms with Crippen LogP contribution in [0, 0.1) is 0 Å². The quantitative estimate of drug-likeness (QED) is 0.750. The van der Waals surface area contributed by atoms with Crippen LogP contribution >= 0.6 is 0 Å². The first kappa shape index (κ1) is 16.5. The molecule has 2 aliphatic rings. The van der Waals surface area contributed by atoms with Gasteiger partial charge in [0, 0.05) is 25.5 Å². The first-order chi connectivity index (χ1) is 11.8. The average molecular weight is 328 g/mol. The second kappa shape index (κ2) is 7.51.